The van der Waals surface area contributed by atoms with Crippen LogP contribution in [0.2, 0.25) is 11.1 Å². The first-order chi connectivity index (χ1) is 17.7. The Labute approximate surface area is 224 Å². The summed E-state index contributed by atoms with van der Waals surface area (Å²) in [5.41, 5.74) is 2.09. The summed E-state index contributed by atoms with van der Waals surface area (Å²) >= 11 is 0. The van der Waals surface area contributed by atoms with Crippen molar-refractivity contribution in [1.29, 1.82) is 0 Å². The Morgan fingerprint density at radius 3 is 2.06 bits per heavy atom. The fourth-order valence-corrected chi connectivity index (χ4v) is 27.6. The monoisotopic (exact) mass is 514 g/mol. The first-order valence-electron chi connectivity index (χ1n) is 15.8. The minimum Gasteiger partial charge on any atom is -0.0654 e. The Bertz CT molecular complexity index is 958. The van der Waals surface area contributed by atoms with Gasteiger partial charge < -0.3 is 0 Å². The van der Waals surface area contributed by atoms with Gasteiger partial charge in [0.1, 0.15) is 0 Å². The van der Waals surface area contributed by atoms with Crippen molar-refractivity contribution in [2.24, 2.45) is 35.5 Å². The maximum atomic E-state index is 2.71. The van der Waals surface area contributed by atoms with E-state index in [1.54, 1.807) is 38.5 Å². The van der Waals surface area contributed by atoms with E-state index in [9.17, 15) is 0 Å². The van der Waals surface area contributed by atoms with E-state index in [1.807, 2.05) is 10.4 Å². The summed E-state index contributed by atoms with van der Waals surface area (Å²) in [5.74, 6) is 6.23. The summed E-state index contributed by atoms with van der Waals surface area (Å²) in [7, 11) is -2.25. The predicted molar refractivity (Wildman–Crippen MR) is 162 cm³/mol. The molecule has 2 aromatic carbocycles. The van der Waals surface area contributed by atoms with E-state index in [0.717, 1.165) is 46.6 Å². The van der Waals surface area contributed by atoms with Crippen LogP contribution in [0.25, 0.3) is 0 Å². The third-order valence-corrected chi connectivity index (χ3v) is 25.9. The van der Waals surface area contributed by atoms with Gasteiger partial charge >= 0.3 is 0 Å². The fourth-order valence-electron chi connectivity index (χ4n) is 10.2. The van der Waals surface area contributed by atoms with Crippen LogP contribution in [-0.4, -0.2) is 16.6 Å². The summed E-state index contributed by atoms with van der Waals surface area (Å²) in [6.45, 7) is 5.08. The molecule has 0 heterocycles. The number of unbranched alkanes of at least 4 members (excludes halogenated alkanes) is 1. The topological polar surface area (TPSA) is 0 Å². The van der Waals surface area contributed by atoms with Gasteiger partial charge in [-0.25, -0.2) is 0 Å². The van der Waals surface area contributed by atoms with Gasteiger partial charge in [0.05, 0.1) is 16.6 Å². The Balaban J connectivity index is 1.38. The summed E-state index contributed by atoms with van der Waals surface area (Å²) in [6.07, 6.45) is 18.3. The lowest BCUT2D eigenvalue weighted by Gasteiger charge is -2.43. The summed E-state index contributed by atoms with van der Waals surface area (Å²) in [5, 5.41) is 3.69. The van der Waals surface area contributed by atoms with Crippen LogP contribution in [0.15, 0.2) is 60.7 Å². The highest BCUT2D eigenvalue weighted by Crippen LogP contribution is 2.59. The summed E-state index contributed by atoms with van der Waals surface area (Å²) in [6, 6.07) is 24.4. The van der Waals surface area contributed by atoms with E-state index < -0.39 is 16.6 Å². The van der Waals surface area contributed by atoms with Crippen LogP contribution in [0.5, 0.6) is 0 Å². The first kappa shape index (κ1) is 25.2. The molecule has 0 N–H and O–H groups in total. The van der Waals surface area contributed by atoms with Crippen molar-refractivity contribution in [3.63, 3.8) is 0 Å². The number of hydrogen-bond donors (Lipinski definition) is 0. The molecular weight excluding hydrogens is 465 g/mol. The molecule has 36 heavy (non-hydrogen) atoms. The van der Waals surface area contributed by atoms with Crippen molar-refractivity contribution < 1.29 is 0 Å². The van der Waals surface area contributed by atoms with Gasteiger partial charge in [-0.1, -0.05) is 143 Å². The van der Waals surface area contributed by atoms with Crippen LogP contribution in [-0.2, 0) is 0 Å². The first-order valence-corrected chi connectivity index (χ1v) is 21.0. The van der Waals surface area contributed by atoms with E-state index in [2.05, 4.69) is 74.5 Å². The van der Waals surface area contributed by atoms with Gasteiger partial charge in [-0.2, -0.15) is 0 Å². The molecule has 4 aliphatic rings. The van der Waals surface area contributed by atoms with Crippen LogP contribution in [0.3, 0.4) is 0 Å². The van der Waals surface area contributed by atoms with Gasteiger partial charge in [0.2, 0.25) is 0 Å². The van der Waals surface area contributed by atoms with Gasteiger partial charge in [-0.3, -0.25) is 0 Å². The van der Waals surface area contributed by atoms with E-state index in [4.69, 9.17) is 0 Å². The second kappa shape index (κ2) is 11.3. The maximum Gasteiger partial charge on any atom is 0.0705 e. The Hall–Kier alpha value is -1.13. The molecular formula is C34H50Si2. The highest BCUT2D eigenvalue weighted by Gasteiger charge is 2.53. The van der Waals surface area contributed by atoms with Gasteiger partial charge in [0, 0.05) is 0 Å². The van der Waals surface area contributed by atoms with Gasteiger partial charge in [-0.15, -0.1) is 0 Å². The summed E-state index contributed by atoms with van der Waals surface area (Å²) in [4.78, 5) is 0. The second-order valence-electron chi connectivity index (χ2n) is 13.6. The highest BCUT2D eigenvalue weighted by atomic mass is 29.2. The van der Waals surface area contributed by atoms with Crippen molar-refractivity contribution >= 4 is 27.0 Å². The maximum absolute atomic E-state index is 2.71. The molecule has 0 spiro atoms. The summed E-state index contributed by atoms with van der Waals surface area (Å²) < 4.78 is 0. The van der Waals surface area contributed by atoms with Gasteiger partial charge in [0.15, 0.2) is 0 Å². The lowest BCUT2D eigenvalue weighted by atomic mass is 9.71. The SMILES string of the molecule is CCCCC1CCC([SiH](c2ccccc2)[SiH](c2ccccc2)C2C(C)CC3CC4CCCC4CC32)C1. The third-order valence-electron chi connectivity index (χ3n) is 11.7. The van der Waals surface area contributed by atoms with Gasteiger partial charge in [0.25, 0.3) is 0 Å². The second-order valence-corrected chi connectivity index (χ2v) is 23.0. The zero-order valence-electron chi connectivity index (χ0n) is 23.0. The molecule has 2 heteroatoms. The molecule has 0 nitrogen and oxygen atoms in total. The average molecular weight is 515 g/mol. The molecule has 4 fully saturated rings. The highest BCUT2D eigenvalue weighted by molar-refractivity contribution is 7.34. The molecule has 4 saturated carbocycles. The largest absolute Gasteiger partial charge is 0.0705 e. The van der Waals surface area contributed by atoms with E-state index in [1.165, 1.54) is 38.5 Å². The van der Waals surface area contributed by atoms with Crippen LogP contribution in [0.1, 0.15) is 90.9 Å². The average Bonchev–Trinajstić information content (AvgIpc) is 3.64. The normalized spacial score (nSPS) is 37.4. The van der Waals surface area contributed by atoms with Crippen molar-refractivity contribution in [3.05, 3.63) is 60.7 Å². The third kappa shape index (κ3) is 4.98. The van der Waals surface area contributed by atoms with Crippen LogP contribution < -0.4 is 10.4 Å². The number of fused-ring (bicyclic) bond motifs is 2. The minimum absolute atomic E-state index is 0.951. The van der Waals surface area contributed by atoms with Crippen molar-refractivity contribution in [1.82, 2.24) is 0 Å². The molecule has 0 aliphatic heterocycles. The van der Waals surface area contributed by atoms with Crippen molar-refractivity contribution in [2.75, 3.05) is 0 Å². The van der Waals surface area contributed by atoms with E-state index in [0.29, 0.717) is 0 Å². The number of hydrogen-bond acceptors (Lipinski definition) is 0. The van der Waals surface area contributed by atoms with Crippen molar-refractivity contribution in [3.8, 4) is 0 Å². The zero-order valence-corrected chi connectivity index (χ0v) is 25.3. The molecule has 6 rings (SSSR count). The smallest absolute Gasteiger partial charge is 0.0654 e. The molecule has 0 amide bonds. The van der Waals surface area contributed by atoms with E-state index >= 15 is 0 Å². The molecule has 194 valence electrons. The van der Waals surface area contributed by atoms with Crippen LogP contribution >= 0.6 is 0 Å². The number of rotatable bonds is 8. The minimum atomic E-state index is -1.15. The van der Waals surface area contributed by atoms with E-state index in [-0.39, 0.29) is 0 Å². The molecule has 4 aliphatic carbocycles. The molecule has 0 aromatic heterocycles. The molecule has 10 unspecified atom stereocenters. The fraction of sp³-hybridized carbons (Fsp3) is 0.647. The number of benzene rings is 2. The predicted octanol–water partition coefficient (Wildman–Crippen LogP) is 7.55. The lowest BCUT2D eigenvalue weighted by Crippen LogP contribution is -2.59. The quantitative estimate of drug-likeness (QED) is 0.319. The zero-order chi connectivity index (χ0) is 24.5. The molecule has 0 saturated heterocycles. The van der Waals surface area contributed by atoms with Crippen molar-refractivity contribution in [2.45, 2.75) is 102 Å². The lowest BCUT2D eigenvalue weighted by molar-refractivity contribution is 0.156. The van der Waals surface area contributed by atoms with Crippen LogP contribution in [0.4, 0.5) is 0 Å². The Kier molecular flexibility index (Phi) is 7.91. The van der Waals surface area contributed by atoms with Crippen LogP contribution in [0, 0.1) is 35.5 Å². The molecule has 0 bridgehead atoms. The molecule has 0 radical (unpaired) electrons. The molecule has 2 aromatic rings. The Morgan fingerprint density at radius 1 is 0.694 bits per heavy atom. The Morgan fingerprint density at radius 2 is 1.36 bits per heavy atom. The standard InChI is InChI=1S/C34H50Si2/c1-3-4-12-26-19-20-32(22-26)35(30-15-7-5-8-16-30)36(31-17-9-6-10-18-31)34-25(2)21-29-23-27-13-11-14-28(27)24-33(29)34/h5-10,15-18,25-29,32-36H,3-4,11-14,19-24H2,1-2H3. The molecule has 10 atom stereocenters. The van der Waals surface area contributed by atoms with Gasteiger partial charge in [-0.05, 0) is 65.9 Å².